The molecule has 4 rings (SSSR count). The van der Waals surface area contributed by atoms with E-state index in [0.29, 0.717) is 0 Å². The number of methoxy groups -OCH3 is 2. The lowest BCUT2D eigenvalue weighted by Crippen LogP contribution is -2.31. The average molecular weight is 394 g/mol. The molecule has 3 aromatic rings. The summed E-state index contributed by atoms with van der Waals surface area (Å²) in [6.45, 7) is 1.70. The van der Waals surface area contributed by atoms with Crippen LogP contribution in [0.3, 0.4) is 0 Å². The fourth-order valence-electron chi connectivity index (χ4n) is 3.37. The van der Waals surface area contributed by atoms with E-state index >= 15 is 0 Å². The van der Waals surface area contributed by atoms with Crippen molar-refractivity contribution in [1.29, 1.82) is 0 Å². The molecule has 1 aliphatic rings. The molecule has 0 atom stereocenters. The van der Waals surface area contributed by atoms with Gasteiger partial charge in [-0.15, -0.1) is 11.8 Å². The zero-order chi connectivity index (χ0) is 19.3. The second kappa shape index (κ2) is 8.52. The van der Waals surface area contributed by atoms with Crippen LogP contribution in [-0.2, 0) is 18.7 Å². The fourth-order valence-corrected chi connectivity index (χ4v) is 4.17. The summed E-state index contributed by atoms with van der Waals surface area (Å²) in [6, 6.07) is 14.6. The van der Waals surface area contributed by atoms with Gasteiger partial charge in [-0.2, -0.15) is 0 Å². The standard InChI is InChI=1S/C22H23N3O2S/c1-26-19-10-17-8-9-25(14-18(17)11-20(19)27-2)21-12-23-13-22(24-21)28-15-16-6-4-3-5-7-16/h3-7,10-13H,8-9,14-15H2,1-2H3. The average Bonchev–Trinajstić information content (AvgIpc) is 2.77. The van der Waals surface area contributed by atoms with E-state index in [1.165, 1.54) is 16.7 Å². The van der Waals surface area contributed by atoms with Crippen molar-refractivity contribution in [1.82, 2.24) is 9.97 Å². The number of thioether (sulfide) groups is 1. The van der Waals surface area contributed by atoms with Gasteiger partial charge in [-0.1, -0.05) is 30.3 Å². The predicted molar refractivity (Wildman–Crippen MR) is 112 cm³/mol. The summed E-state index contributed by atoms with van der Waals surface area (Å²) in [6.07, 6.45) is 4.62. The van der Waals surface area contributed by atoms with Crippen LogP contribution in [0.25, 0.3) is 0 Å². The Hall–Kier alpha value is -2.73. The van der Waals surface area contributed by atoms with E-state index in [4.69, 9.17) is 14.5 Å². The predicted octanol–water partition coefficient (Wildman–Crippen LogP) is 4.35. The summed E-state index contributed by atoms with van der Waals surface area (Å²) in [5.74, 6) is 3.35. The van der Waals surface area contributed by atoms with Crippen LogP contribution < -0.4 is 14.4 Å². The third-order valence-electron chi connectivity index (χ3n) is 4.87. The zero-order valence-corrected chi connectivity index (χ0v) is 16.9. The molecule has 0 unspecified atom stereocenters. The van der Waals surface area contributed by atoms with Crippen molar-refractivity contribution in [3.05, 3.63) is 71.5 Å². The lowest BCUT2D eigenvalue weighted by Gasteiger charge is -2.30. The molecular formula is C22H23N3O2S. The van der Waals surface area contributed by atoms with Crippen molar-refractivity contribution in [2.45, 2.75) is 23.7 Å². The fraction of sp³-hybridized carbons (Fsp3) is 0.273. The van der Waals surface area contributed by atoms with Crippen molar-refractivity contribution < 1.29 is 9.47 Å². The van der Waals surface area contributed by atoms with Crippen LogP contribution in [-0.4, -0.2) is 30.7 Å². The molecule has 0 saturated heterocycles. The van der Waals surface area contributed by atoms with Gasteiger partial charge in [0.05, 0.1) is 26.6 Å². The van der Waals surface area contributed by atoms with Crippen molar-refractivity contribution in [2.75, 3.05) is 25.7 Å². The van der Waals surface area contributed by atoms with E-state index < -0.39 is 0 Å². The number of benzene rings is 2. The van der Waals surface area contributed by atoms with Crippen molar-refractivity contribution in [3.63, 3.8) is 0 Å². The summed E-state index contributed by atoms with van der Waals surface area (Å²) >= 11 is 1.71. The van der Waals surface area contributed by atoms with Gasteiger partial charge in [0.1, 0.15) is 10.8 Å². The summed E-state index contributed by atoms with van der Waals surface area (Å²) in [5, 5.41) is 0.944. The number of aromatic nitrogens is 2. The number of hydrogen-bond donors (Lipinski definition) is 0. The van der Waals surface area contributed by atoms with Crippen LogP contribution in [0.2, 0.25) is 0 Å². The van der Waals surface area contributed by atoms with Crippen molar-refractivity contribution >= 4 is 17.6 Å². The van der Waals surface area contributed by atoms with Crippen LogP contribution in [0, 0.1) is 0 Å². The number of hydrogen-bond acceptors (Lipinski definition) is 6. The van der Waals surface area contributed by atoms with E-state index in [0.717, 1.165) is 47.6 Å². The van der Waals surface area contributed by atoms with Gasteiger partial charge in [-0.25, -0.2) is 4.98 Å². The highest BCUT2D eigenvalue weighted by Gasteiger charge is 2.21. The molecule has 28 heavy (non-hydrogen) atoms. The first-order valence-corrected chi connectivity index (χ1v) is 10.2. The Morgan fingerprint density at radius 2 is 1.75 bits per heavy atom. The molecule has 1 aromatic heterocycles. The first kappa shape index (κ1) is 18.6. The van der Waals surface area contributed by atoms with Gasteiger partial charge in [0.15, 0.2) is 11.5 Å². The normalized spacial score (nSPS) is 13.1. The molecule has 144 valence electrons. The maximum atomic E-state index is 5.46. The molecule has 0 spiro atoms. The van der Waals surface area contributed by atoms with E-state index in [9.17, 15) is 0 Å². The second-order valence-corrected chi connectivity index (χ2v) is 7.63. The molecule has 0 amide bonds. The Labute approximate surface area is 169 Å². The van der Waals surface area contributed by atoms with Crippen molar-refractivity contribution in [3.8, 4) is 11.5 Å². The van der Waals surface area contributed by atoms with E-state index in [2.05, 4.69) is 46.3 Å². The molecule has 0 aliphatic carbocycles. The van der Waals surface area contributed by atoms with Crippen LogP contribution >= 0.6 is 11.8 Å². The molecule has 0 radical (unpaired) electrons. The third kappa shape index (κ3) is 4.07. The Bertz CT molecular complexity index is 950. The number of fused-ring (bicyclic) bond motifs is 1. The van der Waals surface area contributed by atoms with Crippen LogP contribution in [0.4, 0.5) is 5.82 Å². The van der Waals surface area contributed by atoms with E-state index in [1.807, 2.05) is 18.5 Å². The van der Waals surface area contributed by atoms with Gasteiger partial charge < -0.3 is 14.4 Å². The minimum absolute atomic E-state index is 0.765. The molecule has 0 fully saturated rings. The van der Waals surface area contributed by atoms with Gasteiger partial charge in [0.25, 0.3) is 0 Å². The molecule has 5 nitrogen and oxygen atoms in total. The summed E-state index contributed by atoms with van der Waals surface area (Å²) in [7, 11) is 3.34. The number of ether oxygens (including phenoxy) is 2. The molecule has 6 heteroatoms. The number of rotatable bonds is 6. The lowest BCUT2D eigenvalue weighted by molar-refractivity contribution is 0.353. The smallest absolute Gasteiger partial charge is 0.161 e. The minimum Gasteiger partial charge on any atom is -0.493 e. The Morgan fingerprint density at radius 3 is 2.50 bits per heavy atom. The quantitative estimate of drug-likeness (QED) is 0.580. The first-order valence-electron chi connectivity index (χ1n) is 9.24. The maximum Gasteiger partial charge on any atom is 0.161 e. The second-order valence-electron chi connectivity index (χ2n) is 6.64. The highest BCUT2D eigenvalue weighted by atomic mass is 32.2. The van der Waals surface area contributed by atoms with Crippen LogP contribution in [0.5, 0.6) is 11.5 Å². The van der Waals surface area contributed by atoms with E-state index in [-0.39, 0.29) is 0 Å². The molecular weight excluding hydrogens is 370 g/mol. The van der Waals surface area contributed by atoms with Gasteiger partial charge >= 0.3 is 0 Å². The molecule has 2 heterocycles. The Balaban J connectivity index is 1.49. The minimum atomic E-state index is 0.765. The topological polar surface area (TPSA) is 47.5 Å². The molecule has 0 saturated carbocycles. The number of anilines is 1. The SMILES string of the molecule is COc1cc2c(cc1OC)CN(c1cncc(SCc3ccccc3)n1)CC2. The highest BCUT2D eigenvalue weighted by molar-refractivity contribution is 7.98. The zero-order valence-electron chi connectivity index (χ0n) is 16.1. The van der Waals surface area contributed by atoms with Crippen LogP contribution in [0.1, 0.15) is 16.7 Å². The lowest BCUT2D eigenvalue weighted by atomic mass is 9.99. The van der Waals surface area contributed by atoms with Crippen molar-refractivity contribution in [2.24, 2.45) is 0 Å². The summed E-state index contributed by atoms with van der Waals surface area (Å²) in [5.41, 5.74) is 3.83. The molecule has 2 aromatic carbocycles. The highest BCUT2D eigenvalue weighted by Crippen LogP contribution is 2.34. The van der Waals surface area contributed by atoms with Crippen LogP contribution in [0.15, 0.2) is 59.9 Å². The molecule has 0 N–H and O–H groups in total. The molecule has 0 bridgehead atoms. The first-order chi connectivity index (χ1) is 13.8. The number of nitrogens with zero attached hydrogens (tertiary/aromatic N) is 3. The largest absolute Gasteiger partial charge is 0.493 e. The molecule has 1 aliphatic heterocycles. The van der Waals surface area contributed by atoms with Gasteiger partial charge in [-0.3, -0.25) is 4.98 Å². The van der Waals surface area contributed by atoms with Gasteiger partial charge in [0.2, 0.25) is 0 Å². The summed E-state index contributed by atoms with van der Waals surface area (Å²) in [4.78, 5) is 11.5. The summed E-state index contributed by atoms with van der Waals surface area (Å²) < 4.78 is 10.9. The van der Waals surface area contributed by atoms with Gasteiger partial charge in [0, 0.05) is 18.8 Å². The van der Waals surface area contributed by atoms with E-state index in [1.54, 1.807) is 26.0 Å². The Kier molecular flexibility index (Phi) is 5.67. The third-order valence-corrected chi connectivity index (χ3v) is 5.84. The van der Waals surface area contributed by atoms with Gasteiger partial charge in [-0.05, 0) is 35.2 Å². The maximum absolute atomic E-state index is 5.46. The monoisotopic (exact) mass is 393 g/mol. The Morgan fingerprint density at radius 1 is 1.00 bits per heavy atom.